The maximum atomic E-state index is 5.12. The Kier molecular flexibility index (Phi) is 1.82. The lowest BCUT2D eigenvalue weighted by Gasteiger charge is -1.95. The summed E-state index contributed by atoms with van der Waals surface area (Å²) in [6, 6.07) is 6.05. The van der Waals surface area contributed by atoms with Crippen LogP contribution in [0.4, 0.5) is 0 Å². The van der Waals surface area contributed by atoms with Crippen LogP contribution in [0.1, 0.15) is 12.0 Å². The number of aromatic nitrogens is 1. The van der Waals surface area contributed by atoms with Crippen LogP contribution in [0.3, 0.4) is 0 Å². The minimum Gasteiger partial charge on any atom is -0.443 e. The van der Waals surface area contributed by atoms with Crippen LogP contribution in [0.5, 0.6) is 0 Å². The predicted octanol–water partition coefficient (Wildman–Crippen LogP) is 2.59. The van der Waals surface area contributed by atoms with Crippen molar-refractivity contribution in [1.82, 2.24) is 4.98 Å². The zero-order chi connectivity index (χ0) is 8.39. The van der Waals surface area contributed by atoms with Crippen molar-refractivity contribution in [3.8, 4) is 0 Å². The molecule has 0 saturated carbocycles. The van der Waals surface area contributed by atoms with E-state index < -0.39 is 0 Å². The Balaban J connectivity index is 2.46. The molecule has 0 unspecified atom stereocenters. The molecule has 1 aromatic heterocycles. The van der Waals surface area contributed by atoms with Crippen molar-refractivity contribution in [1.29, 1.82) is 0 Å². The Labute approximate surface area is 71.2 Å². The number of aryl methyl sites for hydroxylation is 1. The molecular formula is C10H10NO. The zero-order valence-corrected chi connectivity index (χ0v) is 6.79. The molecule has 2 heteroatoms. The largest absolute Gasteiger partial charge is 0.443 e. The van der Waals surface area contributed by atoms with Gasteiger partial charge in [-0.3, -0.25) is 0 Å². The van der Waals surface area contributed by atoms with Crippen LogP contribution in [0.2, 0.25) is 0 Å². The number of oxazole rings is 1. The van der Waals surface area contributed by atoms with Gasteiger partial charge in [-0.25, -0.2) is 4.98 Å². The van der Waals surface area contributed by atoms with E-state index in [1.54, 1.807) is 0 Å². The molecule has 0 amide bonds. The second-order valence-electron chi connectivity index (χ2n) is 2.76. The first-order valence-corrected chi connectivity index (χ1v) is 4.01. The van der Waals surface area contributed by atoms with E-state index in [-0.39, 0.29) is 0 Å². The van der Waals surface area contributed by atoms with Crippen LogP contribution < -0.4 is 0 Å². The lowest BCUT2D eigenvalue weighted by molar-refractivity contribution is 0.602. The summed E-state index contributed by atoms with van der Waals surface area (Å²) in [4.78, 5) is 4.07. The summed E-state index contributed by atoms with van der Waals surface area (Å²) in [6.45, 7) is 3.80. The summed E-state index contributed by atoms with van der Waals surface area (Å²) in [5.41, 5.74) is 3.05. The van der Waals surface area contributed by atoms with Crippen molar-refractivity contribution in [2.75, 3.05) is 0 Å². The molecule has 1 heterocycles. The van der Waals surface area contributed by atoms with E-state index in [0.29, 0.717) is 0 Å². The first-order valence-electron chi connectivity index (χ1n) is 4.01. The van der Waals surface area contributed by atoms with Crippen molar-refractivity contribution in [3.63, 3.8) is 0 Å². The van der Waals surface area contributed by atoms with Gasteiger partial charge in [0.05, 0.1) is 0 Å². The minimum absolute atomic E-state index is 0.850. The molecule has 0 saturated heterocycles. The molecule has 0 atom stereocenters. The smallest absolute Gasteiger partial charge is 0.181 e. The van der Waals surface area contributed by atoms with Gasteiger partial charge in [-0.2, -0.15) is 0 Å². The van der Waals surface area contributed by atoms with Crippen LogP contribution in [0, 0.1) is 6.92 Å². The third-order valence-corrected chi connectivity index (χ3v) is 1.86. The lowest BCUT2D eigenvalue weighted by atomic mass is 10.1. The van der Waals surface area contributed by atoms with Gasteiger partial charge < -0.3 is 4.42 Å². The summed E-state index contributed by atoms with van der Waals surface area (Å²) in [5.74, 6) is 0. The number of fused-ring (bicyclic) bond motifs is 1. The van der Waals surface area contributed by atoms with Crippen molar-refractivity contribution in [2.24, 2.45) is 0 Å². The molecule has 0 bridgehead atoms. The quantitative estimate of drug-likeness (QED) is 0.674. The van der Waals surface area contributed by atoms with Gasteiger partial charge in [0.2, 0.25) is 0 Å². The maximum absolute atomic E-state index is 5.12. The normalized spacial score (nSPS) is 10.8. The second kappa shape index (κ2) is 2.97. The summed E-state index contributed by atoms with van der Waals surface area (Å²) < 4.78 is 5.12. The topological polar surface area (TPSA) is 26.0 Å². The van der Waals surface area contributed by atoms with Crippen LogP contribution in [-0.4, -0.2) is 4.98 Å². The molecular weight excluding hydrogens is 150 g/mol. The fourth-order valence-corrected chi connectivity index (χ4v) is 1.26. The van der Waals surface area contributed by atoms with Crippen LogP contribution in [-0.2, 0) is 6.42 Å². The predicted molar refractivity (Wildman–Crippen MR) is 47.7 cm³/mol. The summed E-state index contributed by atoms with van der Waals surface area (Å²) in [5, 5.41) is 0. The Hall–Kier alpha value is -1.31. The number of benzene rings is 1. The SMILES string of the molecule is [CH2]CCc1ccc2ocnc2c1. The van der Waals surface area contributed by atoms with Crippen molar-refractivity contribution >= 4 is 11.1 Å². The Morgan fingerprint density at radius 1 is 1.42 bits per heavy atom. The molecule has 12 heavy (non-hydrogen) atoms. The average Bonchev–Trinajstić information content (AvgIpc) is 2.51. The van der Waals surface area contributed by atoms with Crippen LogP contribution in [0.25, 0.3) is 11.1 Å². The third-order valence-electron chi connectivity index (χ3n) is 1.86. The molecule has 2 nitrogen and oxygen atoms in total. The summed E-state index contributed by atoms with van der Waals surface area (Å²) in [7, 11) is 0. The van der Waals surface area contributed by atoms with E-state index in [2.05, 4.69) is 18.0 Å². The molecule has 2 aromatic rings. The number of rotatable bonds is 2. The van der Waals surface area contributed by atoms with Gasteiger partial charge in [0.25, 0.3) is 0 Å². The van der Waals surface area contributed by atoms with Crippen molar-refractivity contribution in [3.05, 3.63) is 37.1 Å². The van der Waals surface area contributed by atoms with E-state index in [0.717, 1.165) is 23.9 Å². The Morgan fingerprint density at radius 3 is 3.17 bits per heavy atom. The molecule has 0 N–H and O–H groups in total. The highest BCUT2D eigenvalue weighted by Crippen LogP contribution is 2.14. The molecule has 0 fully saturated rings. The molecule has 0 aliphatic heterocycles. The fourth-order valence-electron chi connectivity index (χ4n) is 1.26. The number of hydrogen-bond donors (Lipinski definition) is 0. The molecule has 0 aliphatic rings. The third kappa shape index (κ3) is 1.20. The van der Waals surface area contributed by atoms with E-state index in [9.17, 15) is 0 Å². The van der Waals surface area contributed by atoms with Crippen LogP contribution in [0.15, 0.2) is 29.0 Å². The van der Waals surface area contributed by atoms with Gasteiger partial charge in [-0.15, -0.1) is 0 Å². The zero-order valence-electron chi connectivity index (χ0n) is 6.79. The van der Waals surface area contributed by atoms with Crippen LogP contribution >= 0.6 is 0 Å². The van der Waals surface area contributed by atoms with Gasteiger partial charge in [0.1, 0.15) is 5.52 Å². The first-order chi connectivity index (χ1) is 5.90. The Bertz CT molecular complexity index is 378. The monoisotopic (exact) mass is 160 g/mol. The number of hydrogen-bond acceptors (Lipinski definition) is 2. The van der Waals surface area contributed by atoms with Gasteiger partial charge >= 0.3 is 0 Å². The minimum atomic E-state index is 0.850. The van der Waals surface area contributed by atoms with E-state index in [1.807, 2.05) is 12.1 Å². The van der Waals surface area contributed by atoms with Gasteiger partial charge in [-0.1, -0.05) is 13.0 Å². The van der Waals surface area contributed by atoms with E-state index in [1.165, 1.54) is 12.0 Å². The van der Waals surface area contributed by atoms with E-state index in [4.69, 9.17) is 4.42 Å². The van der Waals surface area contributed by atoms with Gasteiger partial charge in [-0.05, 0) is 30.5 Å². The van der Waals surface area contributed by atoms with Crippen molar-refractivity contribution < 1.29 is 4.42 Å². The highest BCUT2D eigenvalue weighted by atomic mass is 16.3. The molecule has 2 rings (SSSR count). The molecule has 0 aliphatic carbocycles. The van der Waals surface area contributed by atoms with Crippen molar-refractivity contribution in [2.45, 2.75) is 12.8 Å². The van der Waals surface area contributed by atoms with Gasteiger partial charge in [0, 0.05) is 0 Å². The van der Waals surface area contributed by atoms with E-state index >= 15 is 0 Å². The average molecular weight is 160 g/mol. The summed E-state index contributed by atoms with van der Waals surface area (Å²) >= 11 is 0. The summed E-state index contributed by atoms with van der Waals surface area (Å²) in [6.07, 6.45) is 3.39. The number of nitrogens with zero attached hydrogens (tertiary/aromatic N) is 1. The second-order valence-corrected chi connectivity index (χ2v) is 2.76. The standard InChI is InChI=1S/C10H10NO/c1-2-3-8-4-5-10-9(6-8)11-7-12-10/h4-7H,1-3H2. The fraction of sp³-hybridized carbons (Fsp3) is 0.200. The lowest BCUT2D eigenvalue weighted by Crippen LogP contribution is -1.81. The highest BCUT2D eigenvalue weighted by Gasteiger charge is 1.98. The molecule has 0 spiro atoms. The molecule has 1 radical (unpaired) electrons. The highest BCUT2D eigenvalue weighted by molar-refractivity contribution is 5.72. The maximum Gasteiger partial charge on any atom is 0.181 e. The Morgan fingerprint density at radius 2 is 2.33 bits per heavy atom. The first kappa shape index (κ1) is 7.35. The van der Waals surface area contributed by atoms with Gasteiger partial charge in [0.15, 0.2) is 12.0 Å². The molecule has 61 valence electrons. The molecule has 1 aromatic carbocycles.